The number of alkyl halides is 2. The lowest BCUT2D eigenvalue weighted by Crippen LogP contribution is -2.50. The highest BCUT2D eigenvalue weighted by molar-refractivity contribution is 5.02. The summed E-state index contributed by atoms with van der Waals surface area (Å²) in [7, 11) is 0. The largest absolute Gasteiger partial charge is 0.321 e. The Labute approximate surface area is 99.2 Å². The molecular formula is C11H18F2N4. The van der Waals surface area contributed by atoms with Gasteiger partial charge >= 0.3 is 0 Å². The van der Waals surface area contributed by atoms with Gasteiger partial charge in [0, 0.05) is 12.6 Å². The second-order valence-corrected chi connectivity index (χ2v) is 5.02. The van der Waals surface area contributed by atoms with Crippen LogP contribution in [0.5, 0.6) is 0 Å². The SMILES string of the molecule is CC(C)c1cn([C@H]2CCCC(F)(F)[C@@H]2N)nn1. The minimum Gasteiger partial charge on any atom is -0.321 e. The van der Waals surface area contributed by atoms with Crippen LogP contribution in [0.4, 0.5) is 8.78 Å². The van der Waals surface area contributed by atoms with Crippen molar-refractivity contribution in [2.45, 2.75) is 57.0 Å². The van der Waals surface area contributed by atoms with Crippen molar-refractivity contribution >= 4 is 0 Å². The lowest BCUT2D eigenvalue weighted by Gasteiger charge is -2.35. The number of nitrogens with zero attached hydrogens (tertiary/aromatic N) is 3. The molecule has 0 amide bonds. The van der Waals surface area contributed by atoms with E-state index in [-0.39, 0.29) is 12.3 Å². The monoisotopic (exact) mass is 244 g/mol. The maximum Gasteiger partial charge on any atom is 0.265 e. The summed E-state index contributed by atoms with van der Waals surface area (Å²) < 4.78 is 28.5. The zero-order chi connectivity index (χ0) is 12.6. The normalized spacial score (nSPS) is 28.6. The molecule has 1 fully saturated rings. The van der Waals surface area contributed by atoms with E-state index in [0.29, 0.717) is 12.8 Å². The standard InChI is InChI=1S/C11H18F2N4/c1-7(2)8-6-17(16-15-8)9-4-3-5-11(12,13)10(9)14/h6-7,9-10H,3-5,14H2,1-2H3/t9-,10+/m0/s1. The van der Waals surface area contributed by atoms with Gasteiger partial charge in [0.15, 0.2) is 0 Å². The van der Waals surface area contributed by atoms with E-state index in [2.05, 4.69) is 10.3 Å². The molecule has 17 heavy (non-hydrogen) atoms. The first-order chi connectivity index (χ1) is 7.92. The summed E-state index contributed by atoms with van der Waals surface area (Å²) in [5.41, 5.74) is 6.45. The van der Waals surface area contributed by atoms with E-state index in [4.69, 9.17) is 5.73 Å². The maximum absolute atomic E-state index is 13.5. The predicted molar refractivity (Wildman–Crippen MR) is 59.9 cm³/mol. The molecule has 1 aromatic rings. The molecular weight excluding hydrogens is 226 g/mol. The van der Waals surface area contributed by atoms with Crippen LogP contribution in [0.15, 0.2) is 6.20 Å². The smallest absolute Gasteiger partial charge is 0.265 e. The first-order valence-electron chi connectivity index (χ1n) is 5.97. The zero-order valence-corrected chi connectivity index (χ0v) is 10.1. The van der Waals surface area contributed by atoms with Gasteiger partial charge in [-0.05, 0) is 18.8 Å². The molecule has 2 rings (SSSR count). The Bertz CT molecular complexity index is 389. The highest BCUT2D eigenvalue weighted by Gasteiger charge is 2.45. The quantitative estimate of drug-likeness (QED) is 0.866. The van der Waals surface area contributed by atoms with Crippen LogP contribution in [0.2, 0.25) is 0 Å². The molecule has 1 aliphatic carbocycles. The van der Waals surface area contributed by atoms with Gasteiger partial charge in [0.1, 0.15) is 0 Å². The van der Waals surface area contributed by atoms with Crippen molar-refractivity contribution in [3.8, 4) is 0 Å². The van der Waals surface area contributed by atoms with Crippen molar-refractivity contribution in [2.75, 3.05) is 0 Å². The average molecular weight is 244 g/mol. The Morgan fingerprint density at radius 2 is 2.24 bits per heavy atom. The molecule has 0 saturated heterocycles. The van der Waals surface area contributed by atoms with Crippen LogP contribution >= 0.6 is 0 Å². The summed E-state index contributed by atoms with van der Waals surface area (Å²) in [6, 6.07) is -1.61. The van der Waals surface area contributed by atoms with E-state index < -0.39 is 18.0 Å². The molecule has 0 aromatic carbocycles. The van der Waals surface area contributed by atoms with E-state index in [1.807, 2.05) is 13.8 Å². The van der Waals surface area contributed by atoms with Gasteiger partial charge in [-0.2, -0.15) is 0 Å². The number of rotatable bonds is 2. The maximum atomic E-state index is 13.5. The van der Waals surface area contributed by atoms with E-state index in [9.17, 15) is 8.78 Å². The molecule has 2 N–H and O–H groups in total. The fourth-order valence-corrected chi connectivity index (χ4v) is 2.19. The summed E-state index contributed by atoms with van der Waals surface area (Å²) in [6.45, 7) is 3.98. The molecule has 1 aliphatic rings. The third-order valence-electron chi connectivity index (χ3n) is 3.37. The summed E-state index contributed by atoms with van der Waals surface area (Å²) in [6.07, 6.45) is 2.72. The van der Waals surface area contributed by atoms with Crippen molar-refractivity contribution in [2.24, 2.45) is 5.73 Å². The minimum absolute atomic E-state index is 0.129. The van der Waals surface area contributed by atoms with Gasteiger partial charge in [-0.15, -0.1) is 5.10 Å². The van der Waals surface area contributed by atoms with Crippen LogP contribution in [0.25, 0.3) is 0 Å². The molecule has 0 radical (unpaired) electrons. The number of nitrogens with two attached hydrogens (primary N) is 1. The molecule has 0 spiro atoms. The van der Waals surface area contributed by atoms with Gasteiger partial charge in [-0.1, -0.05) is 19.1 Å². The third-order valence-corrected chi connectivity index (χ3v) is 3.37. The molecule has 96 valence electrons. The van der Waals surface area contributed by atoms with Crippen LogP contribution in [0.1, 0.15) is 50.8 Å². The topological polar surface area (TPSA) is 56.7 Å². The van der Waals surface area contributed by atoms with E-state index >= 15 is 0 Å². The molecule has 0 bridgehead atoms. The summed E-state index contributed by atoms with van der Waals surface area (Å²) in [4.78, 5) is 0. The molecule has 6 heteroatoms. The second-order valence-electron chi connectivity index (χ2n) is 5.02. The molecule has 1 aromatic heterocycles. The summed E-state index contributed by atoms with van der Waals surface area (Å²) >= 11 is 0. The Morgan fingerprint density at radius 3 is 2.82 bits per heavy atom. The average Bonchev–Trinajstić information content (AvgIpc) is 2.71. The first kappa shape index (κ1) is 12.4. The van der Waals surface area contributed by atoms with Crippen LogP contribution in [0.3, 0.4) is 0 Å². The van der Waals surface area contributed by atoms with Gasteiger partial charge < -0.3 is 5.73 Å². The predicted octanol–water partition coefficient (Wildman–Crippen LogP) is 2.09. The van der Waals surface area contributed by atoms with Crippen LogP contribution in [-0.4, -0.2) is 27.0 Å². The van der Waals surface area contributed by atoms with Crippen molar-refractivity contribution in [1.82, 2.24) is 15.0 Å². The Kier molecular flexibility index (Phi) is 3.16. The summed E-state index contributed by atoms with van der Waals surface area (Å²) in [5.74, 6) is -2.56. The van der Waals surface area contributed by atoms with Gasteiger partial charge in [-0.3, -0.25) is 0 Å². The Hall–Kier alpha value is -1.04. The lowest BCUT2D eigenvalue weighted by molar-refractivity contribution is -0.0706. The lowest BCUT2D eigenvalue weighted by atomic mass is 9.87. The van der Waals surface area contributed by atoms with Crippen LogP contribution in [0, 0.1) is 0 Å². The molecule has 4 nitrogen and oxygen atoms in total. The van der Waals surface area contributed by atoms with E-state index in [1.165, 1.54) is 4.68 Å². The van der Waals surface area contributed by atoms with Crippen molar-refractivity contribution in [3.63, 3.8) is 0 Å². The van der Waals surface area contributed by atoms with Gasteiger partial charge in [0.2, 0.25) is 0 Å². The Balaban J connectivity index is 2.20. The number of hydrogen-bond donors (Lipinski definition) is 1. The molecule has 2 atom stereocenters. The zero-order valence-electron chi connectivity index (χ0n) is 10.1. The molecule has 1 heterocycles. The van der Waals surface area contributed by atoms with Gasteiger partial charge in [0.25, 0.3) is 5.92 Å². The third kappa shape index (κ3) is 2.31. The first-order valence-corrected chi connectivity index (χ1v) is 5.97. The molecule has 1 saturated carbocycles. The number of hydrogen-bond acceptors (Lipinski definition) is 3. The van der Waals surface area contributed by atoms with Crippen LogP contribution in [-0.2, 0) is 0 Å². The van der Waals surface area contributed by atoms with Crippen LogP contribution < -0.4 is 5.73 Å². The number of halogens is 2. The highest BCUT2D eigenvalue weighted by atomic mass is 19.3. The summed E-state index contributed by atoms with van der Waals surface area (Å²) in [5, 5.41) is 7.92. The van der Waals surface area contributed by atoms with Gasteiger partial charge in [-0.25, -0.2) is 13.5 Å². The molecule has 0 unspecified atom stereocenters. The number of aromatic nitrogens is 3. The van der Waals surface area contributed by atoms with Crippen molar-refractivity contribution in [1.29, 1.82) is 0 Å². The second kappa shape index (κ2) is 4.33. The minimum atomic E-state index is -2.80. The van der Waals surface area contributed by atoms with Gasteiger partial charge in [0.05, 0.1) is 17.8 Å². The van der Waals surface area contributed by atoms with Crippen molar-refractivity contribution < 1.29 is 8.78 Å². The molecule has 0 aliphatic heterocycles. The fourth-order valence-electron chi connectivity index (χ4n) is 2.19. The highest BCUT2D eigenvalue weighted by Crippen LogP contribution is 2.38. The van der Waals surface area contributed by atoms with E-state index in [0.717, 1.165) is 5.69 Å². The Morgan fingerprint density at radius 1 is 1.53 bits per heavy atom. The fraction of sp³-hybridized carbons (Fsp3) is 0.818. The van der Waals surface area contributed by atoms with E-state index in [1.54, 1.807) is 6.20 Å². The van der Waals surface area contributed by atoms with Crippen molar-refractivity contribution in [3.05, 3.63) is 11.9 Å².